The molecule has 5 heteroatoms. The Balaban J connectivity index is 1.63. The number of hydrogen-bond donors (Lipinski definition) is 1. The predicted octanol–water partition coefficient (Wildman–Crippen LogP) is 2.54. The highest BCUT2D eigenvalue weighted by Gasteiger charge is 2.23. The molecule has 0 radical (unpaired) electrons. The Labute approximate surface area is 111 Å². The van der Waals surface area contributed by atoms with Crippen molar-refractivity contribution >= 4 is 22.2 Å². The summed E-state index contributed by atoms with van der Waals surface area (Å²) in [4.78, 5) is 10.9. The standard InChI is InChI=1S/C13H16N4S/c1-10-8-11(2-4-14-10)16-12-3-6-17(9-12)13-15-5-7-18-13/h2,4-5,7-8,12H,3,6,9H2,1H3,(H,14,16). The number of rotatable bonds is 3. The van der Waals surface area contributed by atoms with E-state index in [9.17, 15) is 0 Å². The number of thiazole rings is 1. The van der Waals surface area contributed by atoms with Crippen LogP contribution in [0.4, 0.5) is 10.8 Å². The molecular weight excluding hydrogens is 244 g/mol. The molecule has 1 N–H and O–H groups in total. The lowest BCUT2D eigenvalue weighted by Gasteiger charge is -2.16. The molecule has 1 unspecified atom stereocenters. The van der Waals surface area contributed by atoms with Crippen molar-refractivity contribution in [2.75, 3.05) is 23.3 Å². The summed E-state index contributed by atoms with van der Waals surface area (Å²) in [6.07, 6.45) is 4.87. The Morgan fingerprint density at radius 2 is 2.33 bits per heavy atom. The molecule has 0 amide bonds. The fourth-order valence-electron chi connectivity index (χ4n) is 2.29. The van der Waals surface area contributed by atoms with Crippen LogP contribution in [0.25, 0.3) is 0 Å². The zero-order chi connectivity index (χ0) is 12.4. The predicted molar refractivity (Wildman–Crippen MR) is 75.3 cm³/mol. The van der Waals surface area contributed by atoms with Crippen LogP contribution in [0, 0.1) is 6.92 Å². The first-order valence-electron chi connectivity index (χ1n) is 6.15. The highest BCUT2D eigenvalue weighted by molar-refractivity contribution is 7.13. The monoisotopic (exact) mass is 260 g/mol. The Hall–Kier alpha value is -1.62. The van der Waals surface area contributed by atoms with E-state index in [0.29, 0.717) is 6.04 Å². The van der Waals surface area contributed by atoms with Crippen LogP contribution in [0.3, 0.4) is 0 Å². The first kappa shape index (κ1) is 11.5. The Bertz CT molecular complexity index is 511. The molecule has 4 nitrogen and oxygen atoms in total. The van der Waals surface area contributed by atoms with Crippen LogP contribution in [0.1, 0.15) is 12.1 Å². The van der Waals surface area contributed by atoms with Gasteiger partial charge in [-0.3, -0.25) is 4.98 Å². The van der Waals surface area contributed by atoms with Gasteiger partial charge in [0.15, 0.2) is 5.13 Å². The summed E-state index contributed by atoms with van der Waals surface area (Å²) < 4.78 is 0. The first-order valence-corrected chi connectivity index (χ1v) is 7.03. The largest absolute Gasteiger partial charge is 0.380 e. The lowest BCUT2D eigenvalue weighted by Crippen LogP contribution is -2.25. The van der Waals surface area contributed by atoms with Gasteiger partial charge in [-0.15, -0.1) is 11.3 Å². The maximum Gasteiger partial charge on any atom is 0.185 e. The molecular formula is C13H16N4S. The number of pyridine rings is 1. The van der Waals surface area contributed by atoms with Crippen LogP contribution >= 0.6 is 11.3 Å². The quantitative estimate of drug-likeness (QED) is 0.920. The molecule has 1 atom stereocenters. The Morgan fingerprint density at radius 1 is 1.39 bits per heavy atom. The van der Waals surface area contributed by atoms with E-state index in [-0.39, 0.29) is 0 Å². The summed E-state index contributed by atoms with van der Waals surface area (Å²) in [5, 5.41) is 6.73. The normalized spacial score (nSPS) is 19.2. The second-order valence-corrected chi connectivity index (χ2v) is 5.45. The molecule has 0 spiro atoms. The maximum absolute atomic E-state index is 4.36. The van der Waals surface area contributed by atoms with E-state index >= 15 is 0 Å². The van der Waals surface area contributed by atoms with Crippen molar-refractivity contribution in [2.45, 2.75) is 19.4 Å². The summed E-state index contributed by atoms with van der Waals surface area (Å²) in [7, 11) is 0. The second-order valence-electron chi connectivity index (χ2n) is 4.58. The fraction of sp³-hybridized carbons (Fsp3) is 0.385. The molecule has 3 rings (SSSR count). The number of aromatic nitrogens is 2. The molecule has 0 aliphatic carbocycles. The van der Waals surface area contributed by atoms with Crippen LogP contribution < -0.4 is 10.2 Å². The van der Waals surface area contributed by atoms with Gasteiger partial charge in [0.25, 0.3) is 0 Å². The van der Waals surface area contributed by atoms with Crippen molar-refractivity contribution in [3.8, 4) is 0 Å². The van der Waals surface area contributed by atoms with Crippen molar-refractivity contribution in [2.24, 2.45) is 0 Å². The third-order valence-electron chi connectivity index (χ3n) is 3.15. The molecule has 1 aliphatic heterocycles. The van der Waals surface area contributed by atoms with Crippen molar-refractivity contribution in [1.82, 2.24) is 9.97 Å². The van der Waals surface area contributed by atoms with E-state index in [2.05, 4.69) is 26.3 Å². The molecule has 94 valence electrons. The van der Waals surface area contributed by atoms with E-state index in [4.69, 9.17) is 0 Å². The lowest BCUT2D eigenvalue weighted by molar-refractivity contribution is 0.806. The minimum Gasteiger partial charge on any atom is -0.380 e. The Morgan fingerprint density at radius 3 is 3.11 bits per heavy atom. The maximum atomic E-state index is 4.36. The smallest absolute Gasteiger partial charge is 0.185 e. The minimum absolute atomic E-state index is 0.496. The summed E-state index contributed by atoms with van der Waals surface area (Å²) in [6.45, 7) is 4.12. The van der Waals surface area contributed by atoms with Gasteiger partial charge < -0.3 is 10.2 Å². The number of hydrogen-bond acceptors (Lipinski definition) is 5. The molecule has 18 heavy (non-hydrogen) atoms. The third kappa shape index (κ3) is 2.46. The zero-order valence-electron chi connectivity index (χ0n) is 10.3. The van der Waals surface area contributed by atoms with Gasteiger partial charge in [0.1, 0.15) is 0 Å². The van der Waals surface area contributed by atoms with Crippen LogP contribution in [-0.4, -0.2) is 29.1 Å². The summed E-state index contributed by atoms with van der Waals surface area (Å²) in [5.74, 6) is 0. The van der Waals surface area contributed by atoms with Crippen LogP contribution in [0.2, 0.25) is 0 Å². The van der Waals surface area contributed by atoms with Gasteiger partial charge in [-0.1, -0.05) is 0 Å². The van der Waals surface area contributed by atoms with Crippen LogP contribution in [0.15, 0.2) is 29.9 Å². The molecule has 1 fully saturated rings. The second kappa shape index (κ2) is 4.94. The molecule has 3 heterocycles. The van der Waals surface area contributed by atoms with Crippen molar-refractivity contribution < 1.29 is 0 Å². The Kier molecular flexibility index (Phi) is 3.15. The number of anilines is 2. The van der Waals surface area contributed by atoms with E-state index in [0.717, 1.165) is 36.0 Å². The van der Waals surface area contributed by atoms with Gasteiger partial charge in [0, 0.05) is 48.3 Å². The summed E-state index contributed by atoms with van der Waals surface area (Å²) >= 11 is 1.71. The van der Waals surface area contributed by atoms with Crippen molar-refractivity contribution in [3.05, 3.63) is 35.6 Å². The van der Waals surface area contributed by atoms with Gasteiger partial charge in [-0.05, 0) is 25.5 Å². The van der Waals surface area contributed by atoms with Crippen LogP contribution in [0.5, 0.6) is 0 Å². The molecule has 0 aromatic carbocycles. The summed E-state index contributed by atoms with van der Waals surface area (Å²) in [5.41, 5.74) is 2.21. The molecule has 2 aromatic rings. The number of nitrogens with one attached hydrogen (secondary N) is 1. The average molecular weight is 260 g/mol. The molecule has 2 aromatic heterocycles. The first-order chi connectivity index (χ1) is 8.81. The van der Waals surface area contributed by atoms with Gasteiger partial charge >= 0.3 is 0 Å². The lowest BCUT2D eigenvalue weighted by atomic mass is 10.2. The highest BCUT2D eigenvalue weighted by Crippen LogP contribution is 2.24. The van der Waals surface area contributed by atoms with E-state index in [1.165, 1.54) is 0 Å². The average Bonchev–Trinajstić information content (AvgIpc) is 2.98. The van der Waals surface area contributed by atoms with E-state index < -0.39 is 0 Å². The van der Waals surface area contributed by atoms with Crippen molar-refractivity contribution in [1.29, 1.82) is 0 Å². The highest BCUT2D eigenvalue weighted by atomic mass is 32.1. The molecule has 0 saturated carbocycles. The third-order valence-corrected chi connectivity index (χ3v) is 3.98. The van der Waals surface area contributed by atoms with Crippen molar-refractivity contribution in [3.63, 3.8) is 0 Å². The molecule has 1 aliphatic rings. The zero-order valence-corrected chi connectivity index (χ0v) is 11.2. The minimum atomic E-state index is 0.496. The van der Waals surface area contributed by atoms with Crippen LogP contribution in [-0.2, 0) is 0 Å². The topological polar surface area (TPSA) is 41.0 Å². The summed E-state index contributed by atoms with van der Waals surface area (Å²) in [6, 6.07) is 4.61. The van der Waals surface area contributed by atoms with Gasteiger partial charge in [-0.25, -0.2) is 4.98 Å². The molecule has 0 bridgehead atoms. The number of aryl methyl sites for hydroxylation is 1. The van der Waals surface area contributed by atoms with Gasteiger partial charge in [-0.2, -0.15) is 0 Å². The SMILES string of the molecule is Cc1cc(NC2CCN(c3nccs3)C2)ccn1. The van der Waals surface area contributed by atoms with E-state index in [1.807, 2.05) is 30.8 Å². The molecule has 1 saturated heterocycles. The number of nitrogens with zero attached hydrogens (tertiary/aromatic N) is 3. The van der Waals surface area contributed by atoms with Gasteiger partial charge in [0.05, 0.1) is 0 Å². The van der Waals surface area contributed by atoms with E-state index in [1.54, 1.807) is 11.3 Å². The van der Waals surface area contributed by atoms with Gasteiger partial charge in [0.2, 0.25) is 0 Å². The fourth-order valence-corrected chi connectivity index (χ4v) is 2.98.